The van der Waals surface area contributed by atoms with Crippen molar-refractivity contribution in [3.05, 3.63) is 39.9 Å². The number of nitro groups is 1. The minimum absolute atomic E-state index is 0.00173. The number of halogens is 2. The van der Waals surface area contributed by atoms with Crippen LogP contribution in [0.4, 0.5) is 5.69 Å². The van der Waals surface area contributed by atoms with Crippen LogP contribution in [0.3, 0.4) is 0 Å². The SMILES string of the molecule is C[C@H](c1cccc([N+](=O)[O-])c1)N(C)C(=O)[C@]1(C)CC1(Cl)Cl. The van der Waals surface area contributed by atoms with Crippen LogP contribution in [-0.2, 0) is 4.79 Å². The second kappa shape index (κ2) is 5.14. The summed E-state index contributed by atoms with van der Waals surface area (Å²) < 4.78 is -1.03. The van der Waals surface area contributed by atoms with Gasteiger partial charge in [-0.05, 0) is 25.8 Å². The van der Waals surface area contributed by atoms with E-state index in [9.17, 15) is 14.9 Å². The van der Waals surface area contributed by atoms with E-state index in [4.69, 9.17) is 23.2 Å². The maximum Gasteiger partial charge on any atom is 0.269 e. The molecule has 1 aromatic carbocycles. The van der Waals surface area contributed by atoms with E-state index in [2.05, 4.69) is 0 Å². The Kier molecular flexibility index (Phi) is 3.93. The Hall–Kier alpha value is -1.33. The number of benzene rings is 1. The number of nitrogens with zero attached hydrogens (tertiary/aromatic N) is 2. The zero-order valence-electron chi connectivity index (χ0n) is 12.0. The Labute approximate surface area is 133 Å². The van der Waals surface area contributed by atoms with Crippen LogP contribution >= 0.6 is 23.2 Å². The highest BCUT2D eigenvalue weighted by molar-refractivity contribution is 6.53. The van der Waals surface area contributed by atoms with Crippen molar-refractivity contribution >= 4 is 34.8 Å². The largest absolute Gasteiger partial charge is 0.338 e. The van der Waals surface area contributed by atoms with E-state index in [1.165, 1.54) is 17.0 Å². The number of nitro benzene ring substituents is 1. The molecule has 0 radical (unpaired) electrons. The number of non-ortho nitro benzene ring substituents is 1. The van der Waals surface area contributed by atoms with Crippen molar-refractivity contribution in [2.75, 3.05) is 7.05 Å². The maximum atomic E-state index is 12.5. The number of hydrogen-bond acceptors (Lipinski definition) is 3. The molecule has 1 amide bonds. The van der Waals surface area contributed by atoms with Crippen LogP contribution in [0.1, 0.15) is 31.9 Å². The van der Waals surface area contributed by atoms with Gasteiger partial charge in [0.2, 0.25) is 5.91 Å². The molecule has 5 nitrogen and oxygen atoms in total. The highest BCUT2D eigenvalue weighted by atomic mass is 35.5. The van der Waals surface area contributed by atoms with E-state index in [-0.39, 0.29) is 17.6 Å². The van der Waals surface area contributed by atoms with E-state index in [1.807, 2.05) is 6.92 Å². The van der Waals surface area contributed by atoms with Crippen molar-refractivity contribution in [2.24, 2.45) is 5.41 Å². The molecule has 0 N–H and O–H groups in total. The predicted octanol–water partition coefficient (Wildman–Crippen LogP) is 3.70. The van der Waals surface area contributed by atoms with Gasteiger partial charge in [0.1, 0.15) is 4.33 Å². The molecular weight excluding hydrogens is 315 g/mol. The number of alkyl halides is 2. The summed E-state index contributed by atoms with van der Waals surface area (Å²) in [6.45, 7) is 3.54. The van der Waals surface area contributed by atoms with Gasteiger partial charge in [0.05, 0.1) is 16.4 Å². The molecule has 21 heavy (non-hydrogen) atoms. The number of amides is 1. The summed E-state index contributed by atoms with van der Waals surface area (Å²) >= 11 is 12.1. The van der Waals surface area contributed by atoms with E-state index in [0.717, 1.165) is 0 Å². The summed E-state index contributed by atoms with van der Waals surface area (Å²) in [6, 6.07) is 5.94. The molecule has 1 aromatic rings. The van der Waals surface area contributed by atoms with Gasteiger partial charge < -0.3 is 4.90 Å². The fraction of sp³-hybridized carbons (Fsp3) is 0.500. The first-order chi connectivity index (χ1) is 9.60. The number of carbonyl (C=O) groups excluding carboxylic acids is 1. The molecule has 0 unspecified atom stereocenters. The van der Waals surface area contributed by atoms with E-state index in [0.29, 0.717) is 12.0 Å². The fourth-order valence-electron chi connectivity index (χ4n) is 2.32. The molecule has 0 bridgehead atoms. The lowest BCUT2D eigenvalue weighted by molar-refractivity contribution is -0.384. The van der Waals surface area contributed by atoms with Gasteiger partial charge in [0.15, 0.2) is 0 Å². The number of rotatable bonds is 4. The lowest BCUT2D eigenvalue weighted by Crippen LogP contribution is -2.37. The third kappa shape index (κ3) is 2.72. The third-order valence-corrected chi connectivity index (χ3v) is 5.30. The molecule has 1 aliphatic rings. The molecule has 0 spiro atoms. The van der Waals surface area contributed by atoms with Crippen LogP contribution in [0.5, 0.6) is 0 Å². The molecule has 7 heteroatoms. The van der Waals surface area contributed by atoms with Gasteiger partial charge in [-0.1, -0.05) is 12.1 Å². The smallest absolute Gasteiger partial charge is 0.269 e. The molecule has 2 atom stereocenters. The molecule has 0 heterocycles. The average Bonchev–Trinajstić information content (AvgIpc) is 2.96. The van der Waals surface area contributed by atoms with Gasteiger partial charge in [0, 0.05) is 19.2 Å². The van der Waals surface area contributed by atoms with Crippen LogP contribution in [0.15, 0.2) is 24.3 Å². The zero-order chi connectivity index (χ0) is 16.0. The zero-order valence-corrected chi connectivity index (χ0v) is 13.5. The highest BCUT2D eigenvalue weighted by Crippen LogP contribution is 2.64. The van der Waals surface area contributed by atoms with Crippen molar-refractivity contribution in [3.8, 4) is 0 Å². The van der Waals surface area contributed by atoms with E-state index >= 15 is 0 Å². The Balaban J connectivity index is 2.20. The van der Waals surface area contributed by atoms with Crippen molar-refractivity contribution in [3.63, 3.8) is 0 Å². The number of hydrogen-bond donors (Lipinski definition) is 0. The summed E-state index contributed by atoms with van der Waals surface area (Å²) in [7, 11) is 1.65. The molecule has 2 rings (SSSR count). The fourth-order valence-corrected chi connectivity index (χ4v) is 3.02. The molecule has 0 saturated heterocycles. The van der Waals surface area contributed by atoms with Crippen molar-refractivity contribution in [2.45, 2.75) is 30.6 Å². The average molecular weight is 331 g/mol. The molecule has 1 fully saturated rings. The van der Waals surface area contributed by atoms with Crippen molar-refractivity contribution in [1.29, 1.82) is 0 Å². The monoisotopic (exact) mass is 330 g/mol. The first-order valence-electron chi connectivity index (χ1n) is 6.49. The lowest BCUT2D eigenvalue weighted by atomic mass is 10.0. The van der Waals surface area contributed by atoms with Gasteiger partial charge in [-0.25, -0.2) is 0 Å². The summed E-state index contributed by atoms with van der Waals surface area (Å²) in [5.74, 6) is -0.161. The third-order valence-electron chi connectivity index (χ3n) is 4.19. The standard InChI is InChI=1S/C14H16Cl2N2O3/c1-9(10-5-4-6-11(7-10)18(20)21)17(3)12(19)13(2)8-14(13,15)16/h4-7,9H,8H2,1-3H3/t9-,13+/m1/s1. The maximum absolute atomic E-state index is 12.5. The molecular formula is C14H16Cl2N2O3. The van der Waals surface area contributed by atoms with Gasteiger partial charge in [0.25, 0.3) is 5.69 Å². The second-order valence-electron chi connectivity index (χ2n) is 5.66. The second-order valence-corrected chi connectivity index (χ2v) is 7.14. The minimum Gasteiger partial charge on any atom is -0.338 e. The Morgan fingerprint density at radius 1 is 1.48 bits per heavy atom. The predicted molar refractivity (Wildman–Crippen MR) is 81.4 cm³/mol. The molecule has 1 aliphatic carbocycles. The first kappa shape index (κ1) is 16.0. The summed E-state index contributed by atoms with van der Waals surface area (Å²) in [4.78, 5) is 24.4. The van der Waals surface area contributed by atoms with Crippen molar-refractivity contribution in [1.82, 2.24) is 4.90 Å². The lowest BCUT2D eigenvalue weighted by Gasteiger charge is -2.28. The normalized spacial score (nSPS) is 24.2. The number of carbonyl (C=O) groups is 1. The van der Waals surface area contributed by atoms with Crippen LogP contribution in [-0.4, -0.2) is 27.1 Å². The summed E-state index contributed by atoms with van der Waals surface area (Å²) in [5, 5.41) is 10.8. The van der Waals surface area contributed by atoms with Crippen LogP contribution < -0.4 is 0 Å². The van der Waals surface area contributed by atoms with E-state index in [1.54, 1.807) is 26.1 Å². The van der Waals surface area contributed by atoms with Gasteiger partial charge in [-0.2, -0.15) is 0 Å². The molecule has 0 aliphatic heterocycles. The minimum atomic E-state index is -1.03. The van der Waals surface area contributed by atoms with Gasteiger partial charge >= 0.3 is 0 Å². The molecule has 1 saturated carbocycles. The molecule has 114 valence electrons. The summed E-state index contributed by atoms with van der Waals surface area (Å²) in [5.41, 5.74) is -0.0965. The van der Waals surface area contributed by atoms with Crippen LogP contribution in [0.2, 0.25) is 0 Å². The first-order valence-corrected chi connectivity index (χ1v) is 7.25. The Morgan fingerprint density at radius 2 is 2.05 bits per heavy atom. The Morgan fingerprint density at radius 3 is 2.52 bits per heavy atom. The van der Waals surface area contributed by atoms with E-state index < -0.39 is 14.7 Å². The topological polar surface area (TPSA) is 63.5 Å². The van der Waals surface area contributed by atoms with Crippen LogP contribution in [0, 0.1) is 15.5 Å². The Bertz CT molecular complexity index is 606. The van der Waals surface area contributed by atoms with Gasteiger partial charge in [-0.3, -0.25) is 14.9 Å². The van der Waals surface area contributed by atoms with Gasteiger partial charge in [-0.15, -0.1) is 23.2 Å². The van der Waals surface area contributed by atoms with Crippen LogP contribution in [0.25, 0.3) is 0 Å². The highest BCUT2D eigenvalue weighted by Gasteiger charge is 2.68. The van der Waals surface area contributed by atoms with Crippen molar-refractivity contribution < 1.29 is 9.72 Å². The molecule has 0 aromatic heterocycles. The summed E-state index contributed by atoms with van der Waals surface area (Å²) in [6.07, 6.45) is 0.411. The quantitative estimate of drug-likeness (QED) is 0.480.